The molecule has 0 aliphatic rings. The summed E-state index contributed by atoms with van der Waals surface area (Å²) < 4.78 is 36.1. The number of aromatic nitrogens is 2. The van der Waals surface area contributed by atoms with Gasteiger partial charge in [0.05, 0.1) is 11.9 Å². The van der Waals surface area contributed by atoms with Gasteiger partial charge in [0, 0.05) is 0 Å². The number of benzene rings is 1. The lowest BCUT2D eigenvalue weighted by Gasteiger charge is -2.05. The zero-order chi connectivity index (χ0) is 13.2. The first-order valence-corrected chi connectivity index (χ1v) is 6.45. The van der Waals surface area contributed by atoms with Crippen molar-refractivity contribution in [1.29, 1.82) is 0 Å². The monoisotopic (exact) mass is 266 g/mol. The quantitative estimate of drug-likeness (QED) is 0.852. The molecular formula is C11H10N2O4S. The number of rotatable bonds is 3. The van der Waals surface area contributed by atoms with E-state index in [-0.39, 0.29) is 16.6 Å². The molecule has 0 spiro atoms. The zero-order valence-corrected chi connectivity index (χ0v) is 10.3. The molecule has 94 valence electrons. The third-order valence-corrected chi connectivity index (χ3v) is 3.10. The minimum absolute atomic E-state index is 0.0195. The average Bonchev–Trinajstić information content (AvgIpc) is 2.28. The Bertz CT molecular complexity index is 656. The van der Waals surface area contributed by atoms with Crippen molar-refractivity contribution in [2.75, 3.05) is 0 Å². The standard InChI is InChI=1S/C11H10N2O4S/c1-8-10(18(14,15)16)7-12-11(13-8)17-9-5-3-2-4-6-9/h2-7H,1H3,(H,14,15,16). The van der Waals surface area contributed by atoms with Crippen LogP contribution in [0.15, 0.2) is 41.4 Å². The molecule has 2 rings (SSSR count). The van der Waals surface area contributed by atoms with Crippen molar-refractivity contribution in [3.63, 3.8) is 0 Å². The maximum absolute atomic E-state index is 11.0. The number of para-hydroxylation sites is 1. The number of hydrogen-bond donors (Lipinski definition) is 1. The van der Waals surface area contributed by atoms with Crippen LogP contribution in [0.2, 0.25) is 0 Å². The van der Waals surface area contributed by atoms with Crippen molar-refractivity contribution in [3.05, 3.63) is 42.2 Å². The summed E-state index contributed by atoms with van der Waals surface area (Å²) in [5, 5.41) is 0. The molecule has 1 aromatic heterocycles. The first-order valence-electron chi connectivity index (χ1n) is 5.01. The van der Waals surface area contributed by atoms with Crippen LogP contribution in [-0.2, 0) is 10.1 Å². The predicted molar refractivity (Wildman–Crippen MR) is 63.1 cm³/mol. The van der Waals surface area contributed by atoms with Crippen LogP contribution in [0, 0.1) is 6.92 Å². The van der Waals surface area contributed by atoms with Crippen molar-refractivity contribution >= 4 is 10.1 Å². The van der Waals surface area contributed by atoms with Gasteiger partial charge in [0.25, 0.3) is 10.1 Å². The van der Waals surface area contributed by atoms with Gasteiger partial charge < -0.3 is 4.74 Å². The lowest BCUT2D eigenvalue weighted by molar-refractivity contribution is 0.436. The van der Waals surface area contributed by atoms with Gasteiger partial charge >= 0.3 is 6.01 Å². The van der Waals surface area contributed by atoms with Crippen molar-refractivity contribution in [3.8, 4) is 11.8 Å². The zero-order valence-electron chi connectivity index (χ0n) is 9.44. The Hall–Kier alpha value is -1.99. The molecular weight excluding hydrogens is 256 g/mol. The van der Waals surface area contributed by atoms with Crippen LogP contribution in [0.1, 0.15) is 5.69 Å². The first-order chi connectivity index (χ1) is 8.47. The van der Waals surface area contributed by atoms with Crippen LogP contribution < -0.4 is 4.74 Å². The summed E-state index contributed by atoms with van der Waals surface area (Å²) in [6.07, 6.45) is 1.01. The van der Waals surface area contributed by atoms with E-state index in [1.54, 1.807) is 24.3 Å². The van der Waals surface area contributed by atoms with E-state index in [1.807, 2.05) is 6.07 Å². The molecule has 0 saturated heterocycles. The van der Waals surface area contributed by atoms with E-state index in [1.165, 1.54) is 6.92 Å². The molecule has 0 saturated carbocycles. The second-order valence-corrected chi connectivity index (χ2v) is 4.88. The van der Waals surface area contributed by atoms with Gasteiger partial charge in [-0.2, -0.15) is 13.4 Å². The van der Waals surface area contributed by atoms with Gasteiger partial charge in [-0.05, 0) is 19.1 Å². The lowest BCUT2D eigenvalue weighted by Crippen LogP contribution is -2.04. The summed E-state index contributed by atoms with van der Waals surface area (Å²) in [4.78, 5) is 7.26. The molecule has 0 atom stereocenters. The Kier molecular flexibility index (Phi) is 3.26. The van der Waals surface area contributed by atoms with Crippen LogP contribution in [0.25, 0.3) is 0 Å². The van der Waals surface area contributed by atoms with E-state index < -0.39 is 10.1 Å². The highest BCUT2D eigenvalue weighted by molar-refractivity contribution is 7.85. The lowest BCUT2D eigenvalue weighted by atomic mass is 10.3. The van der Waals surface area contributed by atoms with E-state index >= 15 is 0 Å². The maximum atomic E-state index is 11.0. The van der Waals surface area contributed by atoms with Crippen molar-refractivity contribution in [2.45, 2.75) is 11.8 Å². The van der Waals surface area contributed by atoms with Gasteiger partial charge in [0.2, 0.25) is 0 Å². The minimum Gasteiger partial charge on any atom is -0.424 e. The van der Waals surface area contributed by atoms with Gasteiger partial charge in [-0.1, -0.05) is 18.2 Å². The normalized spacial score (nSPS) is 11.2. The highest BCUT2D eigenvalue weighted by atomic mass is 32.2. The third-order valence-electron chi connectivity index (χ3n) is 2.14. The summed E-state index contributed by atoms with van der Waals surface area (Å²) in [5.74, 6) is 0.538. The molecule has 0 radical (unpaired) electrons. The van der Waals surface area contributed by atoms with Crippen LogP contribution in [0.3, 0.4) is 0 Å². The Morgan fingerprint density at radius 1 is 1.22 bits per heavy atom. The highest BCUT2D eigenvalue weighted by Gasteiger charge is 2.16. The van der Waals surface area contributed by atoms with Gasteiger partial charge in [0.1, 0.15) is 10.6 Å². The molecule has 1 N–H and O–H groups in total. The molecule has 6 nitrogen and oxygen atoms in total. The Morgan fingerprint density at radius 3 is 2.44 bits per heavy atom. The molecule has 0 amide bonds. The van der Waals surface area contributed by atoms with Crippen molar-refractivity contribution in [1.82, 2.24) is 9.97 Å². The topological polar surface area (TPSA) is 89.4 Å². The van der Waals surface area contributed by atoms with Crippen LogP contribution in [0.4, 0.5) is 0 Å². The molecule has 0 bridgehead atoms. The van der Waals surface area contributed by atoms with E-state index in [2.05, 4.69) is 9.97 Å². The summed E-state index contributed by atoms with van der Waals surface area (Å²) in [5.41, 5.74) is 0.124. The average molecular weight is 266 g/mol. The van der Waals surface area contributed by atoms with Crippen LogP contribution in [-0.4, -0.2) is 22.9 Å². The smallest absolute Gasteiger partial charge is 0.322 e. The van der Waals surface area contributed by atoms with Gasteiger partial charge in [0.15, 0.2) is 0 Å². The summed E-state index contributed by atoms with van der Waals surface area (Å²) in [7, 11) is -4.30. The fraction of sp³-hybridized carbons (Fsp3) is 0.0909. The van der Waals surface area contributed by atoms with E-state index in [0.29, 0.717) is 5.75 Å². The first kappa shape index (κ1) is 12.5. The molecule has 2 aromatic rings. The minimum atomic E-state index is -4.30. The molecule has 1 heterocycles. The molecule has 1 aromatic carbocycles. The number of ether oxygens (including phenoxy) is 1. The largest absolute Gasteiger partial charge is 0.424 e. The second-order valence-electron chi connectivity index (χ2n) is 3.49. The Balaban J connectivity index is 2.30. The predicted octanol–water partition coefficient (Wildman–Crippen LogP) is 1.82. The summed E-state index contributed by atoms with van der Waals surface area (Å²) >= 11 is 0. The molecule has 18 heavy (non-hydrogen) atoms. The number of hydrogen-bond acceptors (Lipinski definition) is 5. The maximum Gasteiger partial charge on any atom is 0.322 e. The molecule has 0 fully saturated rings. The van der Waals surface area contributed by atoms with E-state index in [4.69, 9.17) is 9.29 Å². The van der Waals surface area contributed by atoms with Crippen molar-refractivity contribution < 1.29 is 17.7 Å². The fourth-order valence-corrected chi connectivity index (χ4v) is 1.94. The highest BCUT2D eigenvalue weighted by Crippen LogP contribution is 2.19. The van der Waals surface area contributed by atoms with Crippen molar-refractivity contribution in [2.24, 2.45) is 0 Å². The van der Waals surface area contributed by atoms with Gasteiger partial charge in [-0.25, -0.2) is 4.98 Å². The van der Waals surface area contributed by atoms with Crippen LogP contribution in [0.5, 0.6) is 11.8 Å². The summed E-state index contributed by atoms with van der Waals surface area (Å²) in [6.45, 7) is 1.45. The van der Waals surface area contributed by atoms with E-state index in [0.717, 1.165) is 6.20 Å². The Morgan fingerprint density at radius 2 is 1.89 bits per heavy atom. The summed E-state index contributed by atoms with van der Waals surface area (Å²) in [6, 6.07) is 8.86. The van der Waals surface area contributed by atoms with Gasteiger partial charge in [-0.3, -0.25) is 4.55 Å². The molecule has 7 heteroatoms. The number of aryl methyl sites for hydroxylation is 1. The Labute approximate surface area is 104 Å². The molecule has 0 aliphatic carbocycles. The number of nitrogens with zero attached hydrogens (tertiary/aromatic N) is 2. The fourth-order valence-electron chi connectivity index (χ4n) is 1.33. The van der Waals surface area contributed by atoms with Gasteiger partial charge in [-0.15, -0.1) is 0 Å². The molecule has 0 aliphatic heterocycles. The van der Waals surface area contributed by atoms with E-state index in [9.17, 15) is 8.42 Å². The van der Waals surface area contributed by atoms with Crippen LogP contribution >= 0.6 is 0 Å². The third kappa shape index (κ3) is 2.82. The second kappa shape index (κ2) is 4.71. The molecule has 0 unspecified atom stereocenters. The SMILES string of the molecule is Cc1nc(Oc2ccccc2)ncc1S(=O)(=O)O.